The van der Waals surface area contributed by atoms with Gasteiger partial charge in [0, 0.05) is 10.2 Å². The van der Waals surface area contributed by atoms with Crippen LogP contribution < -0.4 is 16.8 Å². The second-order valence-electron chi connectivity index (χ2n) is 4.34. The summed E-state index contributed by atoms with van der Waals surface area (Å²) in [5, 5.41) is 2.60. The number of anilines is 1. The number of benzene rings is 1. The summed E-state index contributed by atoms with van der Waals surface area (Å²) in [7, 11) is 0. The molecule has 6 heteroatoms. The van der Waals surface area contributed by atoms with Crippen molar-refractivity contribution < 1.29 is 9.59 Å². The Labute approximate surface area is 114 Å². The first kappa shape index (κ1) is 14.5. The third kappa shape index (κ3) is 3.46. The molecule has 0 saturated heterocycles. The fourth-order valence-corrected chi connectivity index (χ4v) is 1.93. The lowest BCUT2D eigenvalue weighted by atomic mass is 10.0. The Morgan fingerprint density at radius 2 is 1.94 bits per heavy atom. The number of amides is 2. The monoisotopic (exact) mass is 313 g/mol. The average Bonchev–Trinajstić information content (AvgIpc) is 2.28. The second-order valence-corrected chi connectivity index (χ2v) is 5.19. The standard InChI is InChI=1S/C12H16BrN3O2/c1-6(2)10(11(15)17)16-12(18)8-5-7(14)3-4-9(8)13/h3-6,10H,14H2,1-2H3,(H2,15,17)(H,16,18). The summed E-state index contributed by atoms with van der Waals surface area (Å²) >= 11 is 3.26. The maximum atomic E-state index is 12.0. The first-order valence-corrected chi connectivity index (χ1v) is 6.27. The van der Waals surface area contributed by atoms with Gasteiger partial charge in [-0.3, -0.25) is 9.59 Å². The lowest BCUT2D eigenvalue weighted by Gasteiger charge is -2.19. The maximum absolute atomic E-state index is 12.0. The molecule has 18 heavy (non-hydrogen) atoms. The van der Waals surface area contributed by atoms with Crippen LogP contribution in [0.3, 0.4) is 0 Å². The highest BCUT2D eigenvalue weighted by atomic mass is 79.9. The summed E-state index contributed by atoms with van der Waals surface area (Å²) in [6, 6.07) is 4.19. The molecule has 0 radical (unpaired) electrons. The number of nitrogens with one attached hydrogen (secondary N) is 1. The van der Waals surface area contributed by atoms with E-state index in [1.54, 1.807) is 12.1 Å². The first-order valence-electron chi connectivity index (χ1n) is 5.48. The van der Waals surface area contributed by atoms with Crippen molar-refractivity contribution in [2.45, 2.75) is 19.9 Å². The third-order valence-corrected chi connectivity index (χ3v) is 3.19. The van der Waals surface area contributed by atoms with Gasteiger partial charge in [-0.15, -0.1) is 0 Å². The molecule has 0 bridgehead atoms. The van der Waals surface area contributed by atoms with Gasteiger partial charge in [0.05, 0.1) is 5.56 Å². The predicted octanol–water partition coefficient (Wildman–Crippen LogP) is 1.27. The predicted molar refractivity (Wildman–Crippen MR) is 73.8 cm³/mol. The first-order chi connectivity index (χ1) is 8.32. The Balaban J connectivity index is 2.94. The summed E-state index contributed by atoms with van der Waals surface area (Å²) < 4.78 is 0.612. The minimum absolute atomic E-state index is 0.0775. The Hall–Kier alpha value is -1.56. The summed E-state index contributed by atoms with van der Waals surface area (Å²) in [6.45, 7) is 3.62. The minimum atomic E-state index is -0.703. The van der Waals surface area contributed by atoms with E-state index in [1.807, 2.05) is 13.8 Å². The molecule has 5 nitrogen and oxygen atoms in total. The van der Waals surface area contributed by atoms with Gasteiger partial charge in [-0.25, -0.2) is 0 Å². The van der Waals surface area contributed by atoms with Crippen LogP contribution in [0.1, 0.15) is 24.2 Å². The van der Waals surface area contributed by atoms with E-state index in [4.69, 9.17) is 11.5 Å². The summed E-state index contributed by atoms with van der Waals surface area (Å²) in [5.41, 5.74) is 11.7. The van der Waals surface area contributed by atoms with Gasteiger partial charge in [0.15, 0.2) is 0 Å². The van der Waals surface area contributed by atoms with Crippen LogP contribution in [-0.4, -0.2) is 17.9 Å². The Kier molecular flexibility index (Phi) is 4.72. The normalized spacial score (nSPS) is 12.2. The van der Waals surface area contributed by atoms with Gasteiger partial charge in [0.25, 0.3) is 5.91 Å². The van der Waals surface area contributed by atoms with Crippen molar-refractivity contribution in [2.75, 3.05) is 5.73 Å². The molecule has 0 saturated carbocycles. The van der Waals surface area contributed by atoms with Crippen molar-refractivity contribution >= 4 is 33.4 Å². The molecular weight excluding hydrogens is 298 g/mol. The van der Waals surface area contributed by atoms with Crippen molar-refractivity contribution in [2.24, 2.45) is 11.7 Å². The zero-order valence-electron chi connectivity index (χ0n) is 10.2. The van der Waals surface area contributed by atoms with Crippen LogP contribution in [0.4, 0.5) is 5.69 Å². The van der Waals surface area contributed by atoms with E-state index in [0.717, 1.165) is 0 Å². The highest BCUT2D eigenvalue weighted by Gasteiger charge is 2.23. The lowest BCUT2D eigenvalue weighted by molar-refractivity contribution is -0.120. The molecular formula is C12H16BrN3O2. The second kappa shape index (κ2) is 5.86. The van der Waals surface area contributed by atoms with Gasteiger partial charge in [-0.1, -0.05) is 13.8 Å². The van der Waals surface area contributed by atoms with E-state index < -0.39 is 11.9 Å². The molecule has 0 spiro atoms. The molecule has 1 aromatic rings. The molecule has 0 aliphatic heterocycles. The van der Waals surface area contributed by atoms with Crippen LogP contribution in [0.2, 0.25) is 0 Å². The molecule has 1 rings (SSSR count). The topological polar surface area (TPSA) is 98.2 Å². The number of carbonyl (C=O) groups is 2. The molecule has 1 unspecified atom stereocenters. The molecule has 0 fully saturated rings. The van der Waals surface area contributed by atoms with E-state index >= 15 is 0 Å². The molecule has 1 atom stereocenters. The summed E-state index contributed by atoms with van der Waals surface area (Å²) in [6.07, 6.45) is 0. The van der Waals surface area contributed by atoms with Crippen LogP contribution in [0.15, 0.2) is 22.7 Å². The maximum Gasteiger partial charge on any atom is 0.253 e. The van der Waals surface area contributed by atoms with E-state index in [-0.39, 0.29) is 11.8 Å². The summed E-state index contributed by atoms with van der Waals surface area (Å²) in [4.78, 5) is 23.3. The van der Waals surface area contributed by atoms with Gasteiger partial charge >= 0.3 is 0 Å². The molecule has 0 aliphatic rings. The quantitative estimate of drug-likeness (QED) is 0.730. The molecule has 5 N–H and O–H groups in total. The molecule has 0 aromatic heterocycles. The largest absolute Gasteiger partial charge is 0.399 e. The van der Waals surface area contributed by atoms with Crippen LogP contribution in [0, 0.1) is 5.92 Å². The van der Waals surface area contributed by atoms with Gasteiger partial charge in [0.1, 0.15) is 6.04 Å². The van der Waals surface area contributed by atoms with Crippen LogP contribution in [0.5, 0.6) is 0 Å². The van der Waals surface area contributed by atoms with Crippen molar-refractivity contribution in [1.82, 2.24) is 5.32 Å². The van der Waals surface area contributed by atoms with E-state index in [0.29, 0.717) is 15.7 Å². The Morgan fingerprint density at radius 1 is 1.33 bits per heavy atom. The van der Waals surface area contributed by atoms with Crippen molar-refractivity contribution in [3.05, 3.63) is 28.2 Å². The van der Waals surface area contributed by atoms with Crippen molar-refractivity contribution in [3.63, 3.8) is 0 Å². The number of nitrogens with two attached hydrogens (primary N) is 2. The Bertz CT molecular complexity index is 474. The van der Waals surface area contributed by atoms with E-state index in [9.17, 15) is 9.59 Å². The third-order valence-electron chi connectivity index (χ3n) is 2.49. The fourth-order valence-electron chi connectivity index (χ4n) is 1.50. The van der Waals surface area contributed by atoms with Crippen LogP contribution >= 0.6 is 15.9 Å². The number of halogens is 1. The van der Waals surface area contributed by atoms with E-state index in [1.165, 1.54) is 6.07 Å². The zero-order valence-corrected chi connectivity index (χ0v) is 11.8. The molecule has 1 aromatic carbocycles. The van der Waals surface area contributed by atoms with Gasteiger partial charge < -0.3 is 16.8 Å². The number of hydrogen-bond donors (Lipinski definition) is 3. The van der Waals surface area contributed by atoms with Crippen molar-refractivity contribution in [3.8, 4) is 0 Å². The smallest absolute Gasteiger partial charge is 0.253 e. The summed E-state index contributed by atoms with van der Waals surface area (Å²) in [5.74, 6) is -1.02. The van der Waals surface area contributed by atoms with Gasteiger partial charge in [0.2, 0.25) is 5.91 Å². The number of carbonyl (C=O) groups excluding carboxylic acids is 2. The SMILES string of the molecule is CC(C)C(NC(=O)c1cc(N)ccc1Br)C(N)=O. The zero-order chi connectivity index (χ0) is 13.9. The van der Waals surface area contributed by atoms with Gasteiger partial charge in [-0.2, -0.15) is 0 Å². The van der Waals surface area contributed by atoms with Crippen LogP contribution in [-0.2, 0) is 4.79 Å². The molecule has 0 heterocycles. The molecule has 0 aliphatic carbocycles. The fraction of sp³-hybridized carbons (Fsp3) is 0.333. The van der Waals surface area contributed by atoms with Crippen LogP contribution in [0.25, 0.3) is 0 Å². The number of primary amides is 1. The Morgan fingerprint density at radius 3 is 2.44 bits per heavy atom. The highest BCUT2D eigenvalue weighted by Crippen LogP contribution is 2.19. The number of nitrogen functional groups attached to an aromatic ring is 1. The average molecular weight is 314 g/mol. The highest BCUT2D eigenvalue weighted by molar-refractivity contribution is 9.10. The molecule has 98 valence electrons. The molecule has 2 amide bonds. The number of hydrogen-bond acceptors (Lipinski definition) is 3. The van der Waals surface area contributed by atoms with E-state index in [2.05, 4.69) is 21.2 Å². The van der Waals surface area contributed by atoms with Gasteiger partial charge in [-0.05, 0) is 40.0 Å². The lowest BCUT2D eigenvalue weighted by Crippen LogP contribution is -2.47. The number of rotatable bonds is 4. The van der Waals surface area contributed by atoms with Crippen molar-refractivity contribution in [1.29, 1.82) is 0 Å². The minimum Gasteiger partial charge on any atom is -0.399 e.